The summed E-state index contributed by atoms with van der Waals surface area (Å²) in [7, 11) is 2.01. The van der Waals surface area contributed by atoms with E-state index in [1.807, 2.05) is 37.4 Å². The van der Waals surface area contributed by atoms with Gasteiger partial charge in [-0.2, -0.15) is 0 Å². The number of imide groups is 1. The molecule has 3 atom stereocenters. The fraction of sp³-hybridized carbons (Fsp3) is 0.389. The molecule has 2 aliphatic rings. The average molecular weight is 342 g/mol. The van der Waals surface area contributed by atoms with E-state index in [1.54, 1.807) is 11.3 Å². The summed E-state index contributed by atoms with van der Waals surface area (Å²) in [6.07, 6.45) is 5.44. The molecular weight excluding hydrogens is 322 g/mol. The molecule has 1 unspecified atom stereocenters. The number of nitrogens with one attached hydrogen (secondary N) is 1. The van der Waals surface area contributed by atoms with Gasteiger partial charge in [0.2, 0.25) is 11.8 Å². The maximum atomic E-state index is 12.5. The Morgan fingerprint density at radius 1 is 1.17 bits per heavy atom. The van der Waals surface area contributed by atoms with Crippen molar-refractivity contribution in [2.24, 2.45) is 11.8 Å². The number of hydrogen-bond donors (Lipinski definition) is 1. The van der Waals surface area contributed by atoms with Gasteiger partial charge in [-0.3, -0.25) is 9.59 Å². The zero-order valence-corrected chi connectivity index (χ0v) is 14.4. The van der Waals surface area contributed by atoms with Crippen LogP contribution in [-0.4, -0.2) is 35.4 Å². The number of para-hydroxylation sites is 1. The van der Waals surface area contributed by atoms with Crippen molar-refractivity contribution >= 4 is 33.4 Å². The summed E-state index contributed by atoms with van der Waals surface area (Å²) in [5.74, 6) is -0.286. The van der Waals surface area contributed by atoms with E-state index in [-0.39, 0.29) is 23.7 Å². The molecule has 2 heterocycles. The normalized spacial score (nSPS) is 24.6. The molecule has 0 radical (unpaired) electrons. The van der Waals surface area contributed by atoms with Gasteiger partial charge in [0, 0.05) is 0 Å². The van der Waals surface area contributed by atoms with Crippen LogP contribution in [-0.2, 0) is 16.1 Å². The Balaban J connectivity index is 1.45. The second-order valence-electron chi connectivity index (χ2n) is 6.63. The lowest BCUT2D eigenvalue weighted by atomic mass is 9.85. The summed E-state index contributed by atoms with van der Waals surface area (Å²) in [5.41, 5.74) is 1.01. The van der Waals surface area contributed by atoms with Gasteiger partial charge in [-0.05, 0) is 25.0 Å². The molecule has 5 nitrogen and oxygen atoms in total. The number of fused-ring (bicyclic) bond motifs is 2. The van der Waals surface area contributed by atoms with Crippen LogP contribution in [0.1, 0.15) is 17.8 Å². The van der Waals surface area contributed by atoms with Crippen molar-refractivity contribution in [3.63, 3.8) is 0 Å². The third-order valence-corrected chi connectivity index (χ3v) is 5.85. The Bertz CT molecular complexity index is 770. The maximum absolute atomic E-state index is 12.5. The third-order valence-electron chi connectivity index (χ3n) is 4.82. The zero-order valence-electron chi connectivity index (χ0n) is 13.6. The number of benzene rings is 1. The molecular formula is C18H20N3O2S+. The van der Waals surface area contributed by atoms with Gasteiger partial charge >= 0.3 is 0 Å². The molecule has 1 aliphatic carbocycles. The van der Waals surface area contributed by atoms with E-state index < -0.39 is 0 Å². The topological polar surface area (TPSA) is 54.7 Å². The lowest BCUT2D eigenvalue weighted by Gasteiger charge is -2.19. The zero-order chi connectivity index (χ0) is 16.7. The van der Waals surface area contributed by atoms with Gasteiger partial charge in [-0.1, -0.05) is 24.3 Å². The number of aromatic nitrogens is 1. The van der Waals surface area contributed by atoms with Crippen molar-refractivity contribution in [1.82, 2.24) is 9.88 Å². The largest absolute Gasteiger partial charge is 0.314 e. The van der Waals surface area contributed by atoms with Crippen LogP contribution in [0.5, 0.6) is 0 Å². The molecule has 2 amide bonds. The predicted molar refractivity (Wildman–Crippen MR) is 92.3 cm³/mol. The number of nitrogens with zero attached hydrogens (tertiary/aromatic N) is 2. The number of thiazole rings is 1. The highest BCUT2D eigenvalue weighted by Crippen LogP contribution is 2.34. The number of rotatable bonds is 4. The van der Waals surface area contributed by atoms with Crippen LogP contribution in [0.3, 0.4) is 0 Å². The standard InChI is InChI=1S/C18H19N3O2S/c1-20(10-16-19-14-8-4-5-9-15(14)24-16)11-21-17(22)12-6-2-3-7-13(12)18(21)23/h2-5,8-9,12-13H,6-7,10-11H2,1H3/p+1/t12-,13-/m0/s1. The molecule has 1 fully saturated rings. The molecule has 1 aromatic heterocycles. The highest BCUT2D eigenvalue weighted by atomic mass is 32.1. The highest BCUT2D eigenvalue weighted by Gasteiger charge is 2.48. The van der Waals surface area contributed by atoms with Gasteiger partial charge in [0.15, 0.2) is 6.67 Å². The van der Waals surface area contributed by atoms with Gasteiger partial charge < -0.3 is 4.90 Å². The first-order chi connectivity index (χ1) is 11.6. The van der Waals surface area contributed by atoms with E-state index >= 15 is 0 Å². The lowest BCUT2D eigenvalue weighted by molar-refractivity contribution is -0.901. The number of amides is 2. The molecule has 0 saturated carbocycles. The van der Waals surface area contributed by atoms with Crippen molar-refractivity contribution < 1.29 is 14.5 Å². The predicted octanol–water partition coefficient (Wildman–Crippen LogP) is 1.22. The van der Waals surface area contributed by atoms with Crippen molar-refractivity contribution in [3.05, 3.63) is 41.4 Å². The van der Waals surface area contributed by atoms with Crippen LogP contribution in [0.15, 0.2) is 36.4 Å². The van der Waals surface area contributed by atoms with E-state index in [4.69, 9.17) is 0 Å². The van der Waals surface area contributed by atoms with E-state index in [0.717, 1.165) is 15.4 Å². The van der Waals surface area contributed by atoms with E-state index in [1.165, 1.54) is 9.60 Å². The summed E-state index contributed by atoms with van der Waals surface area (Å²) in [4.78, 5) is 32.2. The Morgan fingerprint density at radius 2 is 1.83 bits per heavy atom. The third kappa shape index (κ3) is 2.65. The Labute approximate surface area is 144 Å². The van der Waals surface area contributed by atoms with Crippen LogP contribution < -0.4 is 4.90 Å². The monoisotopic (exact) mass is 342 g/mol. The summed E-state index contributed by atoms with van der Waals surface area (Å²) in [6.45, 7) is 1.13. The fourth-order valence-corrected chi connectivity index (χ4v) is 4.69. The van der Waals surface area contributed by atoms with Crippen molar-refractivity contribution in [2.45, 2.75) is 19.4 Å². The first kappa shape index (κ1) is 15.5. The molecule has 0 spiro atoms. The van der Waals surface area contributed by atoms with Crippen LogP contribution >= 0.6 is 11.3 Å². The molecule has 1 aliphatic heterocycles. The number of allylic oxidation sites excluding steroid dienone is 2. The summed E-state index contributed by atoms with van der Waals surface area (Å²) >= 11 is 1.67. The molecule has 124 valence electrons. The molecule has 1 aromatic carbocycles. The van der Waals surface area contributed by atoms with Crippen molar-refractivity contribution in [1.29, 1.82) is 0 Å². The molecule has 2 aromatic rings. The fourth-order valence-electron chi connectivity index (χ4n) is 3.60. The number of hydrogen-bond acceptors (Lipinski definition) is 4. The number of likely N-dealkylation sites (tertiary alicyclic amines) is 1. The van der Waals surface area contributed by atoms with Gasteiger partial charge in [-0.15, -0.1) is 11.3 Å². The number of quaternary nitrogens is 1. The summed E-state index contributed by atoms with van der Waals surface area (Å²) < 4.78 is 1.17. The van der Waals surface area contributed by atoms with Crippen molar-refractivity contribution in [3.8, 4) is 0 Å². The van der Waals surface area contributed by atoms with Gasteiger partial charge in [0.25, 0.3) is 0 Å². The number of carbonyl (C=O) groups excluding carboxylic acids is 2. The second-order valence-corrected chi connectivity index (χ2v) is 7.74. The Kier molecular flexibility index (Phi) is 3.94. The molecule has 24 heavy (non-hydrogen) atoms. The van der Waals surface area contributed by atoms with Gasteiger partial charge in [-0.25, -0.2) is 9.88 Å². The summed E-state index contributed by atoms with van der Waals surface area (Å²) in [5, 5.41) is 1.03. The minimum atomic E-state index is -0.141. The quantitative estimate of drug-likeness (QED) is 0.671. The smallest absolute Gasteiger partial charge is 0.237 e. The molecule has 4 rings (SSSR count). The average Bonchev–Trinajstić information content (AvgIpc) is 3.09. The van der Waals surface area contributed by atoms with E-state index in [0.29, 0.717) is 26.1 Å². The van der Waals surface area contributed by atoms with E-state index in [9.17, 15) is 9.59 Å². The Morgan fingerprint density at radius 3 is 2.50 bits per heavy atom. The molecule has 1 N–H and O–H groups in total. The van der Waals surface area contributed by atoms with Crippen LogP contribution in [0, 0.1) is 11.8 Å². The van der Waals surface area contributed by atoms with Crippen LogP contribution in [0.4, 0.5) is 0 Å². The van der Waals surface area contributed by atoms with Gasteiger partial charge in [0.1, 0.15) is 11.6 Å². The Hall–Kier alpha value is -2.05. The summed E-state index contributed by atoms with van der Waals surface area (Å²) in [6, 6.07) is 8.07. The SMILES string of the molecule is C[NH+](Cc1nc2ccccc2s1)CN1C(=O)[C@H]2CC=CC[C@@H]2C1=O. The molecule has 0 bridgehead atoms. The van der Waals surface area contributed by atoms with Crippen LogP contribution in [0.25, 0.3) is 10.2 Å². The number of carbonyl (C=O) groups is 2. The maximum Gasteiger partial charge on any atom is 0.237 e. The molecule has 6 heteroatoms. The highest BCUT2D eigenvalue weighted by molar-refractivity contribution is 7.18. The molecule has 1 saturated heterocycles. The van der Waals surface area contributed by atoms with Crippen LogP contribution in [0.2, 0.25) is 0 Å². The lowest BCUT2D eigenvalue weighted by Crippen LogP contribution is -3.09. The second kappa shape index (κ2) is 6.11. The minimum Gasteiger partial charge on any atom is -0.314 e. The van der Waals surface area contributed by atoms with E-state index in [2.05, 4.69) is 11.1 Å². The van der Waals surface area contributed by atoms with Crippen molar-refractivity contribution in [2.75, 3.05) is 13.7 Å². The first-order valence-corrected chi connectivity index (χ1v) is 9.11. The first-order valence-electron chi connectivity index (χ1n) is 8.29. The van der Waals surface area contributed by atoms with Gasteiger partial charge in [0.05, 0.1) is 29.1 Å². The minimum absolute atomic E-state index is 0.00185.